The van der Waals surface area contributed by atoms with E-state index in [2.05, 4.69) is 5.32 Å². The minimum absolute atomic E-state index is 0.300. The molecule has 0 bridgehead atoms. The minimum atomic E-state index is -1.06. The molecular weight excluding hydrogens is 258 g/mol. The largest absolute Gasteiger partial charge is 0.488 e. The van der Waals surface area contributed by atoms with Crippen molar-refractivity contribution < 1.29 is 19.4 Å². The molecule has 2 N–H and O–H groups in total. The Hall–Kier alpha value is -2.04. The minimum Gasteiger partial charge on any atom is -0.488 e. The first-order valence-corrected chi connectivity index (χ1v) is 6.57. The third kappa shape index (κ3) is 3.29. The molecule has 0 saturated heterocycles. The summed E-state index contributed by atoms with van der Waals surface area (Å²) in [4.78, 5) is 23.0. The first-order valence-electron chi connectivity index (χ1n) is 6.57. The number of carboxylic acid groups (broad SMARTS) is 1. The maximum atomic E-state index is 12.0. The zero-order valence-corrected chi connectivity index (χ0v) is 11.9. The predicted octanol–water partition coefficient (Wildman–Crippen LogP) is 2.21. The van der Waals surface area contributed by atoms with Crippen molar-refractivity contribution in [1.29, 1.82) is 0 Å². The number of ether oxygens (including phenoxy) is 1. The van der Waals surface area contributed by atoms with Crippen molar-refractivity contribution in [3.8, 4) is 5.75 Å². The topological polar surface area (TPSA) is 75.6 Å². The number of aliphatic carboxylic acids is 1. The number of hydrogen-bond acceptors (Lipinski definition) is 3. The van der Waals surface area contributed by atoms with Crippen molar-refractivity contribution in [2.75, 3.05) is 0 Å². The van der Waals surface area contributed by atoms with Crippen LogP contribution in [-0.4, -0.2) is 28.1 Å². The first kappa shape index (κ1) is 14.4. The highest BCUT2D eigenvalue weighted by atomic mass is 16.5. The average molecular weight is 277 g/mol. The van der Waals surface area contributed by atoms with Gasteiger partial charge in [-0.25, -0.2) is 4.79 Å². The first-order chi connectivity index (χ1) is 9.22. The molecule has 5 heteroatoms. The maximum absolute atomic E-state index is 12.0. The molecule has 1 saturated carbocycles. The van der Waals surface area contributed by atoms with Gasteiger partial charge in [0.05, 0.1) is 0 Å². The number of amides is 1. The van der Waals surface area contributed by atoms with E-state index >= 15 is 0 Å². The fraction of sp³-hybridized carbons (Fsp3) is 0.467. The molecule has 0 aliphatic heterocycles. The molecule has 1 aromatic rings. The normalized spacial score (nSPS) is 16.4. The van der Waals surface area contributed by atoms with Crippen molar-refractivity contribution in [2.45, 2.75) is 44.8 Å². The van der Waals surface area contributed by atoms with Gasteiger partial charge in [0.1, 0.15) is 16.9 Å². The summed E-state index contributed by atoms with van der Waals surface area (Å²) in [5.74, 6) is -0.667. The van der Waals surface area contributed by atoms with E-state index < -0.39 is 11.5 Å². The standard InChI is InChI=1S/C15H19NO4/c1-14(2,3)20-11-6-4-10(5-7-11)12(17)16-15(8-9-15)13(18)19/h4-7H,8-9H2,1-3H3,(H,16,17)(H,18,19). The molecule has 108 valence electrons. The molecule has 5 nitrogen and oxygen atoms in total. The van der Waals surface area contributed by atoms with Gasteiger partial charge in [-0.3, -0.25) is 4.79 Å². The number of carbonyl (C=O) groups is 2. The molecule has 1 fully saturated rings. The van der Waals surface area contributed by atoms with Crippen LogP contribution in [-0.2, 0) is 4.79 Å². The van der Waals surface area contributed by atoms with Crippen molar-refractivity contribution in [1.82, 2.24) is 5.32 Å². The predicted molar refractivity (Wildman–Crippen MR) is 73.9 cm³/mol. The van der Waals surface area contributed by atoms with Crippen molar-refractivity contribution in [2.24, 2.45) is 0 Å². The number of carboxylic acids is 1. The van der Waals surface area contributed by atoms with E-state index in [9.17, 15) is 9.59 Å². The van der Waals surface area contributed by atoms with Crippen LogP contribution in [0.1, 0.15) is 44.0 Å². The van der Waals surface area contributed by atoms with Crippen LogP contribution < -0.4 is 10.1 Å². The van der Waals surface area contributed by atoms with Gasteiger partial charge in [-0.1, -0.05) is 0 Å². The summed E-state index contributed by atoms with van der Waals surface area (Å²) in [7, 11) is 0. The molecule has 1 aliphatic carbocycles. The molecule has 0 radical (unpaired) electrons. The molecule has 20 heavy (non-hydrogen) atoms. The lowest BCUT2D eigenvalue weighted by molar-refractivity contribution is -0.140. The van der Waals surface area contributed by atoms with Crippen LogP contribution in [0.25, 0.3) is 0 Å². The van der Waals surface area contributed by atoms with Crippen molar-refractivity contribution in [3.05, 3.63) is 29.8 Å². The number of rotatable bonds is 4. The second-order valence-electron chi connectivity index (χ2n) is 6.08. The highest BCUT2D eigenvalue weighted by Gasteiger charge is 2.51. The molecule has 1 amide bonds. The Morgan fingerprint density at radius 2 is 1.75 bits per heavy atom. The molecule has 2 rings (SSSR count). The second kappa shape index (κ2) is 4.81. The summed E-state index contributed by atoms with van der Waals surface area (Å²) in [5.41, 5.74) is -0.929. The molecule has 0 spiro atoms. The van der Waals surface area contributed by atoms with Crippen LogP contribution in [0.2, 0.25) is 0 Å². The Labute approximate surface area is 117 Å². The van der Waals surface area contributed by atoms with Gasteiger partial charge in [0.25, 0.3) is 5.91 Å². The maximum Gasteiger partial charge on any atom is 0.329 e. The van der Waals surface area contributed by atoms with Crippen LogP contribution in [0, 0.1) is 0 Å². The van der Waals surface area contributed by atoms with Gasteiger partial charge >= 0.3 is 5.97 Å². The molecule has 0 aromatic heterocycles. The van der Waals surface area contributed by atoms with E-state index in [1.807, 2.05) is 20.8 Å². The molecule has 1 aromatic carbocycles. The molecule has 0 unspecified atom stereocenters. The van der Waals surface area contributed by atoms with Gasteiger partial charge in [-0.15, -0.1) is 0 Å². The number of carbonyl (C=O) groups excluding carboxylic acids is 1. The van der Waals surface area contributed by atoms with Gasteiger partial charge < -0.3 is 15.2 Å². The van der Waals surface area contributed by atoms with Crippen LogP contribution in [0.5, 0.6) is 5.75 Å². The third-order valence-corrected chi connectivity index (χ3v) is 3.05. The van der Waals surface area contributed by atoms with E-state index in [0.29, 0.717) is 24.2 Å². The number of nitrogens with one attached hydrogen (secondary N) is 1. The summed E-state index contributed by atoms with van der Waals surface area (Å²) in [6.45, 7) is 5.83. The van der Waals surface area contributed by atoms with E-state index in [-0.39, 0.29) is 11.5 Å². The second-order valence-corrected chi connectivity index (χ2v) is 6.08. The fourth-order valence-electron chi connectivity index (χ4n) is 1.83. The van der Waals surface area contributed by atoms with E-state index in [1.165, 1.54) is 0 Å². The van der Waals surface area contributed by atoms with Gasteiger partial charge in [0.2, 0.25) is 0 Å². The zero-order chi connectivity index (χ0) is 15.0. The Morgan fingerprint density at radius 1 is 1.20 bits per heavy atom. The lowest BCUT2D eigenvalue weighted by Crippen LogP contribution is -2.43. The van der Waals surface area contributed by atoms with E-state index in [1.54, 1.807) is 24.3 Å². The highest BCUT2D eigenvalue weighted by molar-refractivity contribution is 5.99. The van der Waals surface area contributed by atoms with Gasteiger partial charge in [0.15, 0.2) is 0 Å². The van der Waals surface area contributed by atoms with Crippen LogP contribution >= 0.6 is 0 Å². The number of benzene rings is 1. The lowest BCUT2D eigenvalue weighted by Gasteiger charge is -2.21. The Kier molecular flexibility index (Phi) is 3.46. The quantitative estimate of drug-likeness (QED) is 0.884. The lowest BCUT2D eigenvalue weighted by atomic mass is 10.1. The van der Waals surface area contributed by atoms with Crippen molar-refractivity contribution in [3.63, 3.8) is 0 Å². The summed E-state index contributed by atoms with van der Waals surface area (Å²) in [5, 5.41) is 11.6. The third-order valence-electron chi connectivity index (χ3n) is 3.05. The Balaban J connectivity index is 2.03. The molecule has 0 atom stereocenters. The van der Waals surface area contributed by atoms with Crippen LogP contribution in [0.3, 0.4) is 0 Å². The zero-order valence-electron chi connectivity index (χ0n) is 11.9. The van der Waals surface area contributed by atoms with Gasteiger partial charge in [0, 0.05) is 5.56 Å². The number of hydrogen-bond donors (Lipinski definition) is 2. The smallest absolute Gasteiger partial charge is 0.329 e. The average Bonchev–Trinajstić information content (AvgIpc) is 3.08. The van der Waals surface area contributed by atoms with E-state index in [0.717, 1.165) is 0 Å². The summed E-state index contributed by atoms with van der Waals surface area (Å²) in [6.07, 6.45) is 0.971. The Morgan fingerprint density at radius 3 is 2.15 bits per heavy atom. The summed E-state index contributed by atoms with van der Waals surface area (Å²) >= 11 is 0. The fourth-order valence-corrected chi connectivity index (χ4v) is 1.83. The summed E-state index contributed by atoms with van der Waals surface area (Å²) in [6, 6.07) is 6.68. The molecule has 1 aliphatic rings. The van der Waals surface area contributed by atoms with Gasteiger partial charge in [-0.2, -0.15) is 0 Å². The Bertz CT molecular complexity index is 524. The molecule has 0 heterocycles. The SMILES string of the molecule is CC(C)(C)Oc1ccc(C(=O)NC2(C(=O)O)CC2)cc1. The summed E-state index contributed by atoms with van der Waals surface area (Å²) < 4.78 is 5.66. The highest BCUT2D eigenvalue weighted by Crippen LogP contribution is 2.35. The monoisotopic (exact) mass is 277 g/mol. The van der Waals surface area contributed by atoms with Gasteiger partial charge in [-0.05, 0) is 57.9 Å². The molecular formula is C15H19NO4. The van der Waals surface area contributed by atoms with Crippen LogP contribution in [0.4, 0.5) is 0 Å². The van der Waals surface area contributed by atoms with Crippen LogP contribution in [0.15, 0.2) is 24.3 Å². The van der Waals surface area contributed by atoms with E-state index in [4.69, 9.17) is 9.84 Å². The van der Waals surface area contributed by atoms with Crippen molar-refractivity contribution >= 4 is 11.9 Å².